The van der Waals surface area contributed by atoms with E-state index in [1.54, 1.807) is 12.2 Å². The van der Waals surface area contributed by atoms with Gasteiger partial charge in [0.25, 0.3) is 0 Å². The summed E-state index contributed by atoms with van der Waals surface area (Å²) in [6, 6.07) is 9.91. The van der Waals surface area contributed by atoms with Crippen LogP contribution in [0.3, 0.4) is 0 Å². The largest absolute Gasteiger partial charge is 0.466 e. The second kappa shape index (κ2) is 7.44. The van der Waals surface area contributed by atoms with Crippen molar-refractivity contribution >= 4 is 5.97 Å². The predicted octanol–water partition coefficient (Wildman–Crippen LogP) is 3.15. The molecule has 0 spiro atoms. The van der Waals surface area contributed by atoms with E-state index in [0.717, 1.165) is 5.56 Å². The maximum absolute atomic E-state index is 11.7. The SMILES string of the molecule is C=C/C=C/C(Cc1ccccc1)C(=O)OCC. The first-order chi connectivity index (χ1) is 8.27. The predicted molar refractivity (Wildman–Crippen MR) is 69.6 cm³/mol. The van der Waals surface area contributed by atoms with Crippen molar-refractivity contribution in [2.45, 2.75) is 13.3 Å². The molecule has 17 heavy (non-hydrogen) atoms. The van der Waals surface area contributed by atoms with Crippen LogP contribution in [0.2, 0.25) is 0 Å². The second-order valence-electron chi connectivity index (χ2n) is 3.67. The van der Waals surface area contributed by atoms with Crippen molar-refractivity contribution in [2.75, 3.05) is 6.61 Å². The van der Waals surface area contributed by atoms with Gasteiger partial charge in [0.15, 0.2) is 0 Å². The van der Waals surface area contributed by atoms with E-state index in [2.05, 4.69) is 6.58 Å². The molecule has 0 aliphatic heterocycles. The summed E-state index contributed by atoms with van der Waals surface area (Å²) in [4.78, 5) is 11.7. The van der Waals surface area contributed by atoms with Gasteiger partial charge in [0, 0.05) is 0 Å². The van der Waals surface area contributed by atoms with Crippen LogP contribution in [0, 0.1) is 5.92 Å². The zero-order chi connectivity index (χ0) is 12.5. The quantitative estimate of drug-likeness (QED) is 0.554. The minimum absolute atomic E-state index is 0.186. The summed E-state index contributed by atoms with van der Waals surface area (Å²) in [7, 11) is 0. The fraction of sp³-hybridized carbons (Fsp3) is 0.267. The minimum atomic E-state index is -0.240. The Labute approximate surface area is 103 Å². The van der Waals surface area contributed by atoms with Gasteiger partial charge < -0.3 is 4.74 Å². The molecule has 0 radical (unpaired) electrons. The Bertz CT molecular complexity index is 379. The van der Waals surface area contributed by atoms with Gasteiger partial charge in [-0.25, -0.2) is 0 Å². The molecule has 1 unspecified atom stereocenters. The molecule has 0 heterocycles. The molecule has 0 fully saturated rings. The number of esters is 1. The standard InChI is InChI=1S/C15H18O2/c1-3-5-11-14(15(16)17-4-2)12-13-9-7-6-8-10-13/h3,5-11,14H,1,4,12H2,2H3/b11-5+. The first kappa shape index (κ1) is 13.2. The average molecular weight is 230 g/mol. The topological polar surface area (TPSA) is 26.3 Å². The Hall–Kier alpha value is -1.83. The maximum atomic E-state index is 11.7. The third-order valence-corrected chi connectivity index (χ3v) is 2.37. The van der Waals surface area contributed by atoms with Crippen LogP contribution in [0.15, 0.2) is 55.1 Å². The third-order valence-electron chi connectivity index (χ3n) is 2.37. The van der Waals surface area contributed by atoms with Crippen LogP contribution in [0.5, 0.6) is 0 Å². The molecule has 1 aromatic rings. The molecule has 0 saturated heterocycles. The van der Waals surface area contributed by atoms with E-state index in [9.17, 15) is 4.79 Å². The van der Waals surface area contributed by atoms with Crippen molar-refractivity contribution in [2.24, 2.45) is 5.92 Å². The van der Waals surface area contributed by atoms with Gasteiger partial charge in [0.2, 0.25) is 0 Å². The summed E-state index contributed by atoms with van der Waals surface area (Å²) < 4.78 is 5.05. The van der Waals surface area contributed by atoms with Gasteiger partial charge in [-0.15, -0.1) is 0 Å². The number of allylic oxidation sites excluding steroid dienone is 2. The number of carbonyl (C=O) groups is 1. The molecule has 2 nitrogen and oxygen atoms in total. The highest BCUT2D eigenvalue weighted by atomic mass is 16.5. The van der Waals surface area contributed by atoms with E-state index in [1.807, 2.05) is 43.3 Å². The van der Waals surface area contributed by atoms with Crippen molar-refractivity contribution in [1.82, 2.24) is 0 Å². The van der Waals surface area contributed by atoms with Crippen molar-refractivity contribution < 1.29 is 9.53 Å². The van der Waals surface area contributed by atoms with E-state index in [0.29, 0.717) is 13.0 Å². The lowest BCUT2D eigenvalue weighted by Gasteiger charge is -2.11. The molecular weight excluding hydrogens is 212 g/mol. The zero-order valence-electron chi connectivity index (χ0n) is 10.1. The fourth-order valence-electron chi connectivity index (χ4n) is 1.56. The molecule has 0 aliphatic carbocycles. The van der Waals surface area contributed by atoms with Crippen LogP contribution in [0.1, 0.15) is 12.5 Å². The molecule has 0 aliphatic rings. The first-order valence-electron chi connectivity index (χ1n) is 5.77. The van der Waals surface area contributed by atoms with Crippen LogP contribution in [-0.4, -0.2) is 12.6 Å². The Balaban J connectivity index is 2.73. The van der Waals surface area contributed by atoms with E-state index in [4.69, 9.17) is 4.74 Å². The van der Waals surface area contributed by atoms with Gasteiger partial charge in [-0.3, -0.25) is 4.79 Å². The number of rotatable bonds is 6. The highest BCUT2D eigenvalue weighted by molar-refractivity contribution is 5.74. The van der Waals surface area contributed by atoms with E-state index >= 15 is 0 Å². The van der Waals surface area contributed by atoms with Crippen LogP contribution >= 0.6 is 0 Å². The Morgan fingerprint density at radius 1 is 1.41 bits per heavy atom. The summed E-state index contributed by atoms with van der Waals surface area (Å²) in [5.74, 6) is -0.426. The van der Waals surface area contributed by atoms with E-state index in [-0.39, 0.29) is 11.9 Å². The average Bonchev–Trinajstić information content (AvgIpc) is 2.36. The number of hydrogen-bond donors (Lipinski definition) is 0. The zero-order valence-corrected chi connectivity index (χ0v) is 10.1. The van der Waals surface area contributed by atoms with Gasteiger partial charge in [-0.1, -0.05) is 55.1 Å². The number of hydrogen-bond acceptors (Lipinski definition) is 2. The maximum Gasteiger partial charge on any atom is 0.313 e. The van der Waals surface area contributed by atoms with Gasteiger partial charge in [-0.2, -0.15) is 0 Å². The molecule has 2 heteroatoms. The monoisotopic (exact) mass is 230 g/mol. The fourth-order valence-corrected chi connectivity index (χ4v) is 1.56. The number of ether oxygens (including phenoxy) is 1. The van der Waals surface area contributed by atoms with Gasteiger partial charge in [-0.05, 0) is 18.9 Å². The molecule has 0 aromatic heterocycles. The van der Waals surface area contributed by atoms with Crippen LogP contribution in [0.25, 0.3) is 0 Å². The smallest absolute Gasteiger partial charge is 0.313 e. The Morgan fingerprint density at radius 2 is 2.12 bits per heavy atom. The molecule has 1 atom stereocenters. The van der Waals surface area contributed by atoms with Gasteiger partial charge in [0.05, 0.1) is 12.5 Å². The molecule has 1 aromatic carbocycles. The summed E-state index contributed by atoms with van der Waals surface area (Å²) in [5.41, 5.74) is 1.12. The van der Waals surface area contributed by atoms with Gasteiger partial charge in [0.1, 0.15) is 0 Å². The lowest BCUT2D eigenvalue weighted by atomic mass is 9.99. The van der Waals surface area contributed by atoms with Crippen molar-refractivity contribution in [3.63, 3.8) is 0 Å². The summed E-state index contributed by atoms with van der Waals surface area (Å²) in [6.45, 7) is 5.83. The molecule has 0 N–H and O–H groups in total. The van der Waals surface area contributed by atoms with Crippen LogP contribution in [-0.2, 0) is 16.0 Å². The normalized spacial score (nSPS) is 12.3. The molecule has 0 saturated carbocycles. The van der Waals surface area contributed by atoms with Crippen LogP contribution in [0.4, 0.5) is 0 Å². The molecule has 90 valence electrons. The van der Waals surface area contributed by atoms with Crippen molar-refractivity contribution in [3.05, 3.63) is 60.7 Å². The molecule has 0 amide bonds. The highest BCUT2D eigenvalue weighted by Crippen LogP contribution is 2.12. The lowest BCUT2D eigenvalue weighted by Crippen LogP contribution is -2.18. The van der Waals surface area contributed by atoms with Crippen LogP contribution < -0.4 is 0 Å². The van der Waals surface area contributed by atoms with Crippen molar-refractivity contribution in [3.8, 4) is 0 Å². The van der Waals surface area contributed by atoms with Gasteiger partial charge >= 0.3 is 5.97 Å². The minimum Gasteiger partial charge on any atom is -0.466 e. The molecule has 1 rings (SSSR count). The Kier molecular flexibility index (Phi) is 5.80. The summed E-state index contributed by atoms with van der Waals surface area (Å²) in [6.07, 6.45) is 5.93. The van der Waals surface area contributed by atoms with Crippen molar-refractivity contribution in [1.29, 1.82) is 0 Å². The Morgan fingerprint density at radius 3 is 2.71 bits per heavy atom. The molecule has 0 bridgehead atoms. The molecular formula is C15H18O2. The number of benzene rings is 1. The van der Waals surface area contributed by atoms with E-state index < -0.39 is 0 Å². The second-order valence-corrected chi connectivity index (χ2v) is 3.67. The summed E-state index contributed by atoms with van der Waals surface area (Å²) >= 11 is 0. The highest BCUT2D eigenvalue weighted by Gasteiger charge is 2.16. The third kappa shape index (κ3) is 4.68. The summed E-state index contributed by atoms with van der Waals surface area (Å²) in [5, 5.41) is 0. The first-order valence-corrected chi connectivity index (χ1v) is 5.77. The van der Waals surface area contributed by atoms with E-state index in [1.165, 1.54) is 0 Å². The number of carbonyl (C=O) groups excluding carboxylic acids is 1. The lowest BCUT2D eigenvalue weighted by molar-refractivity contribution is -0.146.